The summed E-state index contributed by atoms with van der Waals surface area (Å²) in [5.41, 5.74) is 0. The van der Waals surface area contributed by atoms with Gasteiger partial charge in [0.15, 0.2) is 0 Å². The molecule has 2 unspecified atom stereocenters. The van der Waals surface area contributed by atoms with Crippen molar-refractivity contribution >= 4 is 23.5 Å². The second-order valence-electron chi connectivity index (χ2n) is 8.74. The molecule has 2 rings (SSSR count). The van der Waals surface area contributed by atoms with E-state index in [-0.39, 0.29) is 82.0 Å². The van der Waals surface area contributed by atoms with Crippen molar-refractivity contribution in [1.29, 1.82) is 0 Å². The van der Waals surface area contributed by atoms with Crippen molar-refractivity contribution in [2.24, 2.45) is 5.92 Å². The van der Waals surface area contributed by atoms with Gasteiger partial charge in [-0.05, 0) is 32.1 Å². The molecular formula is C23H41F2N4O5Y-. The molecule has 12 heteroatoms. The minimum absolute atomic E-state index is 0. The maximum Gasteiger partial charge on any atom is 0.289 e. The van der Waals surface area contributed by atoms with E-state index in [9.17, 15) is 28.0 Å². The monoisotopic (exact) mass is 580 g/mol. The molecule has 1 heterocycles. The van der Waals surface area contributed by atoms with Crippen LogP contribution in [0.3, 0.4) is 0 Å². The molecule has 9 nitrogen and oxygen atoms in total. The molecular weight excluding hydrogens is 539 g/mol. The van der Waals surface area contributed by atoms with Gasteiger partial charge in [0.05, 0.1) is 6.54 Å². The van der Waals surface area contributed by atoms with Gasteiger partial charge in [0.1, 0.15) is 6.04 Å². The van der Waals surface area contributed by atoms with Crippen LogP contribution in [0.4, 0.5) is 8.78 Å². The Balaban J connectivity index is 0. The largest absolute Gasteiger partial charge is 0.652 e. The van der Waals surface area contributed by atoms with Crippen molar-refractivity contribution < 1.29 is 65.8 Å². The molecule has 201 valence electrons. The van der Waals surface area contributed by atoms with Crippen molar-refractivity contribution in [3.05, 3.63) is 5.32 Å². The Labute approximate surface area is 232 Å². The summed E-state index contributed by atoms with van der Waals surface area (Å²) < 4.78 is 22.9. The molecule has 0 aromatic heterocycles. The summed E-state index contributed by atoms with van der Waals surface area (Å²) in [6.45, 7) is 8.37. The Morgan fingerprint density at radius 1 is 1.11 bits per heavy atom. The summed E-state index contributed by atoms with van der Waals surface area (Å²) in [6, 6.07) is -0.452. The summed E-state index contributed by atoms with van der Waals surface area (Å²) >= 11 is 0. The number of carbonyl (C=O) groups is 4. The van der Waals surface area contributed by atoms with Gasteiger partial charge in [-0.25, -0.2) is 8.78 Å². The molecule has 1 aliphatic carbocycles. The average molecular weight is 581 g/mol. The number of aliphatic hydroxyl groups excluding tert-OH is 1. The summed E-state index contributed by atoms with van der Waals surface area (Å²) in [6.07, 6.45) is 3.23. The first-order chi connectivity index (χ1) is 15.9. The zero-order valence-corrected chi connectivity index (χ0v) is 24.6. The van der Waals surface area contributed by atoms with Crippen molar-refractivity contribution in [3.63, 3.8) is 0 Å². The summed E-state index contributed by atoms with van der Waals surface area (Å²) in [7, 11) is 1.00. The fraction of sp³-hybridized carbons (Fsp3) is 0.826. The first kappa shape index (κ1) is 36.1. The number of alkyl halides is 2. The number of aliphatic hydroxyl groups is 1. The predicted molar refractivity (Wildman–Crippen MR) is 125 cm³/mol. The third kappa shape index (κ3) is 15.0. The van der Waals surface area contributed by atoms with Crippen LogP contribution in [-0.4, -0.2) is 84.3 Å². The number of hydrogen-bond donors (Lipinski definition) is 3. The van der Waals surface area contributed by atoms with E-state index >= 15 is 0 Å². The number of hydrogen-bond acceptors (Lipinski definition) is 5. The van der Waals surface area contributed by atoms with Crippen molar-refractivity contribution in [2.45, 2.75) is 90.8 Å². The Morgan fingerprint density at radius 2 is 1.66 bits per heavy atom. The summed E-state index contributed by atoms with van der Waals surface area (Å²) in [5.74, 6) is -4.28. The first-order valence-corrected chi connectivity index (χ1v) is 11.8. The molecule has 0 bridgehead atoms. The normalized spacial score (nSPS) is 18.9. The molecule has 2 fully saturated rings. The number of Topliss-reactive ketones (excluding diaryl/α,β-unsaturated/α-hetero) is 1. The smallest absolute Gasteiger partial charge is 0.289 e. The van der Waals surface area contributed by atoms with Crippen LogP contribution in [0.2, 0.25) is 0 Å². The van der Waals surface area contributed by atoms with Gasteiger partial charge >= 0.3 is 0 Å². The Hall–Kier alpha value is -1.04. The van der Waals surface area contributed by atoms with E-state index in [0.717, 1.165) is 39.7 Å². The zero-order chi connectivity index (χ0) is 26.5. The predicted octanol–water partition coefficient (Wildman–Crippen LogP) is 2.02. The third-order valence-electron chi connectivity index (χ3n) is 5.44. The van der Waals surface area contributed by atoms with Crippen LogP contribution in [0, 0.1) is 5.92 Å². The van der Waals surface area contributed by atoms with Crippen LogP contribution in [0.25, 0.3) is 5.32 Å². The third-order valence-corrected chi connectivity index (χ3v) is 5.44. The van der Waals surface area contributed by atoms with E-state index in [2.05, 4.69) is 16.0 Å². The molecule has 1 saturated heterocycles. The fourth-order valence-electron chi connectivity index (χ4n) is 3.12. The average Bonchev–Trinajstić information content (AvgIpc) is 3.50. The molecule has 0 spiro atoms. The number of nitrogens with one attached hydrogen (secondary N) is 2. The number of nitrogens with zero attached hydrogens (tertiary/aromatic N) is 2. The van der Waals surface area contributed by atoms with Crippen LogP contribution >= 0.6 is 0 Å². The SMILES string of the molecule is CCC(C)(F)F.CCC1CCN(C(=O)C[N-]C(C)C)C1C(=O)NCC(=O)C(=O)NC1CC1.CO.[Y]. The van der Waals surface area contributed by atoms with E-state index in [1.54, 1.807) is 4.90 Å². The number of amides is 3. The van der Waals surface area contributed by atoms with Crippen molar-refractivity contribution in [1.82, 2.24) is 15.5 Å². The molecule has 35 heavy (non-hydrogen) atoms. The Morgan fingerprint density at radius 3 is 2.09 bits per heavy atom. The maximum atomic E-state index is 12.6. The Kier molecular flexibility index (Phi) is 18.8. The minimum Gasteiger partial charge on any atom is -0.652 e. The second kappa shape index (κ2) is 18.2. The molecule has 0 aromatic carbocycles. The van der Waals surface area contributed by atoms with E-state index in [1.807, 2.05) is 20.8 Å². The minimum atomic E-state index is -2.46. The quantitative estimate of drug-likeness (QED) is 0.341. The van der Waals surface area contributed by atoms with E-state index in [0.29, 0.717) is 6.54 Å². The molecule has 2 atom stereocenters. The molecule has 1 aliphatic heterocycles. The van der Waals surface area contributed by atoms with Crippen molar-refractivity contribution in [2.75, 3.05) is 26.7 Å². The van der Waals surface area contributed by atoms with Gasteiger partial charge in [0, 0.05) is 58.8 Å². The van der Waals surface area contributed by atoms with E-state index < -0.39 is 23.7 Å². The van der Waals surface area contributed by atoms with Crippen LogP contribution in [0.15, 0.2) is 0 Å². The molecule has 1 saturated carbocycles. The van der Waals surface area contributed by atoms with Gasteiger partial charge in [0.2, 0.25) is 23.5 Å². The Bertz CT molecular complexity index is 673. The van der Waals surface area contributed by atoms with Crippen LogP contribution < -0.4 is 10.6 Å². The molecule has 3 amide bonds. The maximum absolute atomic E-state index is 12.6. The second-order valence-corrected chi connectivity index (χ2v) is 8.74. The summed E-state index contributed by atoms with van der Waals surface area (Å²) in [4.78, 5) is 50.1. The van der Waals surface area contributed by atoms with Gasteiger partial charge in [-0.15, -0.1) is 6.04 Å². The molecule has 2 aliphatic rings. The van der Waals surface area contributed by atoms with Gasteiger partial charge in [0.25, 0.3) is 5.91 Å². The molecule has 0 aromatic rings. The number of halogens is 2. The number of carbonyl (C=O) groups excluding carboxylic acids is 4. The number of rotatable bonds is 10. The topological polar surface area (TPSA) is 130 Å². The fourth-order valence-corrected chi connectivity index (χ4v) is 3.12. The first-order valence-electron chi connectivity index (χ1n) is 11.8. The molecule has 1 radical (unpaired) electrons. The van der Waals surface area contributed by atoms with E-state index in [4.69, 9.17) is 5.11 Å². The summed E-state index contributed by atoms with van der Waals surface area (Å²) in [5, 5.41) is 16.4. The van der Waals surface area contributed by atoms with Gasteiger partial charge in [-0.1, -0.05) is 40.7 Å². The van der Waals surface area contributed by atoms with Crippen LogP contribution in [0.5, 0.6) is 0 Å². The van der Waals surface area contributed by atoms with Crippen molar-refractivity contribution in [3.8, 4) is 0 Å². The van der Waals surface area contributed by atoms with E-state index in [1.165, 1.54) is 6.92 Å². The number of likely N-dealkylation sites (tertiary alicyclic amines) is 1. The van der Waals surface area contributed by atoms with Crippen LogP contribution in [0.1, 0.15) is 66.7 Å². The van der Waals surface area contributed by atoms with Gasteiger partial charge in [-0.3, -0.25) is 19.2 Å². The molecule has 3 N–H and O–H groups in total. The van der Waals surface area contributed by atoms with Crippen LogP contribution in [-0.2, 0) is 51.9 Å². The number of ketones is 1. The van der Waals surface area contributed by atoms with Gasteiger partial charge < -0.3 is 26.0 Å². The van der Waals surface area contributed by atoms with Gasteiger partial charge in [-0.2, -0.15) is 0 Å². The standard InChI is InChI=1S/C18H29N4O4.C4H8F2.CH4O.Y/c1-4-12-7-8-22(15(24)10-19-11(2)3)16(12)18(26)20-9-14(23)17(25)21-13-5-6-13;1-3-4(2,5)6;1-2;/h11-13,16H,4-10H2,1-3H3,(H,20,26)(H,21,25);3H2,1-2H3;2H,1H3;/q-1;;;. The zero-order valence-electron chi connectivity index (χ0n) is 21.8.